The molecule has 1 aromatic carbocycles. The summed E-state index contributed by atoms with van der Waals surface area (Å²) in [6.45, 7) is -0.154. The number of benzene rings is 1. The molecule has 0 heterocycles. The van der Waals surface area contributed by atoms with E-state index in [2.05, 4.69) is 10.1 Å². The minimum Gasteiger partial charge on any atom is -0.453 e. The van der Waals surface area contributed by atoms with Gasteiger partial charge in [0.15, 0.2) is 0 Å². The fourth-order valence-electron chi connectivity index (χ4n) is 1.12. The molecule has 0 aromatic heterocycles. The number of aliphatic hydroxyl groups excluding tert-OH is 1. The van der Waals surface area contributed by atoms with Crippen LogP contribution in [0.25, 0.3) is 0 Å². The molecular formula is C10H13NO3. The number of carbonyl (C=O) groups is 1. The van der Waals surface area contributed by atoms with Crippen molar-refractivity contribution in [3.8, 4) is 0 Å². The molecule has 0 fully saturated rings. The minimum absolute atomic E-state index is 0.154. The van der Waals surface area contributed by atoms with Gasteiger partial charge in [-0.25, -0.2) is 4.79 Å². The van der Waals surface area contributed by atoms with Crippen molar-refractivity contribution in [1.82, 2.24) is 5.32 Å². The van der Waals surface area contributed by atoms with Crippen LogP contribution in [0.4, 0.5) is 4.79 Å². The van der Waals surface area contributed by atoms with Gasteiger partial charge in [-0.15, -0.1) is 0 Å². The Labute approximate surface area is 82.5 Å². The third kappa shape index (κ3) is 2.74. The smallest absolute Gasteiger partial charge is 0.407 e. The Morgan fingerprint density at radius 1 is 1.50 bits per heavy atom. The van der Waals surface area contributed by atoms with E-state index in [1.165, 1.54) is 7.11 Å². The van der Waals surface area contributed by atoms with Crippen LogP contribution in [-0.4, -0.2) is 24.9 Å². The van der Waals surface area contributed by atoms with Gasteiger partial charge < -0.3 is 15.2 Å². The quantitative estimate of drug-likeness (QED) is 0.758. The van der Waals surface area contributed by atoms with Gasteiger partial charge in [-0.05, 0) is 5.56 Å². The highest BCUT2D eigenvalue weighted by Crippen LogP contribution is 2.11. The van der Waals surface area contributed by atoms with Crippen molar-refractivity contribution in [2.75, 3.05) is 13.7 Å². The Morgan fingerprint density at radius 3 is 2.64 bits per heavy atom. The van der Waals surface area contributed by atoms with Gasteiger partial charge in [0.1, 0.15) is 0 Å². The van der Waals surface area contributed by atoms with Crippen LogP contribution >= 0.6 is 0 Å². The number of nitrogens with one attached hydrogen (secondary N) is 1. The summed E-state index contributed by atoms with van der Waals surface area (Å²) >= 11 is 0. The van der Waals surface area contributed by atoms with E-state index >= 15 is 0 Å². The second-order valence-electron chi connectivity index (χ2n) is 2.78. The second kappa shape index (κ2) is 5.24. The third-order valence-corrected chi connectivity index (χ3v) is 1.86. The van der Waals surface area contributed by atoms with E-state index in [0.29, 0.717) is 0 Å². The van der Waals surface area contributed by atoms with Gasteiger partial charge in [0, 0.05) is 0 Å². The largest absolute Gasteiger partial charge is 0.453 e. The van der Waals surface area contributed by atoms with Crippen molar-refractivity contribution in [2.24, 2.45) is 0 Å². The van der Waals surface area contributed by atoms with Gasteiger partial charge in [0.2, 0.25) is 0 Å². The molecule has 4 heteroatoms. The van der Waals surface area contributed by atoms with E-state index in [-0.39, 0.29) is 6.61 Å². The molecule has 0 aliphatic carbocycles. The number of hydrogen-bond acceptors (Lipinski definition) is 3. The molecule has 0 saturated carbocycles. The standard InChI is InChI=1S/C10H13NO3/c1-14-10(13)11-9(7-12)8-5-3-2-4-6-8/h2-6,9,12H,7H2,1H3,(H,11,13)/t9-/m1/s1. The summed E-state index contributed by atoms with van der Waals surface area (Å²) in [6.07, 6.45) is -0.548. The number of carbonyl (C=O) groups excluding carboxylic acids is 1. The molecule has 0 bridgehead atoms. The van der Waals surface area contributed by atoms with Crippen LogP contribution in [-0.2, 0) is 4.74 Å². The monoisotopic (exact) mass is 195 g/mol. The number of ether oxygens (including phenoxy) is 1. The summed E-state index contributed by atoms with van der Waals surface area (Å²) in [5.41, 5.74) is 0.848. The van der Waals surface area contributed by atoms with Gasteiger partial charge in [-0.1, -0.05) is 30.3 Å². The van der Waals surface area contributed by atoms with Crippen molar-refractivity contribution in [3.63, 3.8) is 0 Å². The lowest BCUT2D eigenvalue weighted by molar-refractivity contribution is 0.157. The van der Waals surface area contributed by atoms with Gasteiger partial charge >= 0.3 is 6.09 Å². The molecule has 0 spiro atoms. The first-order valence-electron chi connectivity index (χ1n) is 4.28. The Morgan fingerprint density at radius 2 is 2.14 bits per heavy atom. The molecule has 0 aliphatic rings. The third-order valence-electron chi connectivity index (χ3n) is 1.86. The lowest BCUT2D eigenvalue weighted by atomic mass is 10.1. The molecule has 76 valence electrons. The molecule has 1 amide bonds. The van der Waals surface area contributed by atoms with Crippen LogP contribution in [0.3, 0.4) is 0 Å². The van der Waals surface area contributed by atoms with Crippen LogP contribution in [0.2, 0.25) is 0 Å². The molecule has 1 atom stereocenters. The first kappa shape index (κ1) is 10.5. The molecule has 0 aliphatic heterocycles. The lowest BCUT2D eigenvalue weighted by Gasteiger charge is -2.15. The first-order chi connectivity index (χ1) is 6.77. The zero-order valence-corrected chi connectivity index (χ0v) is 7.93. The van der Waals surface area contributed by atoms with Crippen LogP contribution in [0.5, 0.6) is 0 Å². The summed E-state index contributed by atoms with van der Waals surface area (Å²) in [7, 11) is 1.29. The molecule has 4 nitrogen and oxygen atoms in total. The fourth-order valence-corrected chi connectivity index (χ4v) is 1.12. The predicted molar refractivity (Wildman–Crippen MR) is 51.8 cm³/mol. The maximum atomic E-state index is 10.9. The highest BCUT2D eigenvalue weighted by Gasteiger charge is 2.12. The Kier molecular flexibility index (Phi) is 3.94. The van der Waals surface area contributed by atoms with E-state index in [9.17, 15) is 4.79 Å². The fraction of sp³-hybridized carbons (Fsp3) is 0.300. The number of hydrogen-bond donors (Lipinski definition) is 2. The zero-order chi connectivity index (χ0) is 10.4. The highest BCUT2D eigenvalue weighted by atomic mass is 16.5. The molecule has 1 rings (SSSR count). The lowest BCUT2D eigenvalue weighted by Crippen LogP contribution is -2.30. The Hall–Kier alpha value is -1.55. The number of alkyl carbamates (subject to hydrolysis) is 1. The van der Waals surface area contributed by atoms with Crippen LogP contribution in [0, 0.1) is 0 Å². The van der Waals surface area contributed by atoms with E-state index in [4.69, 9.17) is 5.11 Å². The van der Waals surface area contributed by atoms with Gasteiger partial charge in [0.05, 0.1) is 19.8 Å². The van der Waals surface area contributed by atoms with Crippen molar-refractivity contribution in [1.29, 1.82) is 0 Å². The van der Waals surface area contributed by atoms with Crippen molar-refractivity contribution in [2.45, 2.75) is 6.04 Å². The minimum atomic E-state index is -0.548. The zero-order valence-electron chi connectivity index (χ0n) is 7.93. The summed E-state index contributed by atoms with van der Waals surface area (Å²) < 4.78 is 4.44. The molecule has 1 aromatic rings. The summed E-state index contributed by atoms with van der Waals surface area (Å²) in [4.78, 5) is 10.9. The number of rotatable bonds is 3. The summed E-state index contributed by atoms with van der Waals surface area (Å²) in [6, 6.07) is 8.81. The van der Waals surface area contributed by atoms with Crippen LogP contribution in [0.1, 0.15) is 11.6 Å². The Balaban J connectivity index is 2.68. The second-order valence-corrected chi connectivity index (χ2v) is 2.78. The molecule has 2 N–H and O–H groups in total. The normalized spacial score (nSPS) is 11.9. The maximum Gasteiger partial charge on any atom is 0.407 e. The SMILES string of the molecule is COC(=O)N[C@H](CO)c1ccccc1. The average Bonchev–Trinajstić information content (AvgIpc) is 2.26. The highest BCUT2D eigenvalue weighted by molar-refractivity contribution is 5.67. The molecule has 0 unspecified atom stereocenters. The number of amides is 1. The number of aliphatic hydroxyl groups is 1. The topological polar surface area (TPSA) is 58.6 Å². The van der Waals surface area contributed by atoms with E-state index in [0.717, 1.165) is 5.56 Å². The molecule has 0 saturated heterocycles. The first-order valence-corrected chi connectivity index (χ1v) is 4.28. The van der Waals surface area contributed by atoms with E-state index < -0.39 is 12.1 Å². The molecular weight excluding hydrogens is 182 g/mol. The van der Waals surface area contributed by atoms with Gasteiger partial charge in [-0.2, -0.15) is 0 Å². The van der Waals surface area contributed by atoms with Gasteiger partial charge in [0.25, 0.3) is 0 Å². The maximum absolute atomic E-state index is 10.9. The van der Waals surface area contributed by atoms with Crippen molar-refractivity contribution in [3.05, 3.63) is 35.9 Å². The average molecular weight is 195 g/mol. The van der Waals surface area contributed by atoms with Crippen LogP contribution in [0.15, 0.2) is 30.3 Å². The molecule has 14 heavy (non-hydrogen) atoms. The Bertz CT molecular complexity index is 287. The van der Waals surface area contributed by atoms with Crippen LogP contribution < -0.4 is 5.32 Å². The van der Waals surface area contributed by atoms with Gasteiger partial charge in [-0.3, -0.25) is 0 Å². The summed E-state index contributed by atoms with van der Waals surface area (Å²) in [5.74, 6) is 0. The number of methoxy groups -OCH3 is 1. The van der Waals surface area contributed by atoms with Crippen molar-refractivity contribution >= 4 is 6.09 Å². The van der Waals surface area contributed by atoms with E-state index in [1.54, 1.807) is 0 Å². The van der Waals surface area contributed by atoms with Crippen molar-refractivity contribution < 1.29 is 14.6 Å². The van der Waals surface area contributed by atoms with E-state index in [1.807, 2.05) is 30.3 Å². The summed E-state index contributed by atoms with van der Waals surface area (Å²) in [5, 5.41) is 11.6. The molecule has 0 radical (unpaired) electrons. The predicted octanol–water partition coefficient (Wildman–Crippen LogP) is 1.08.